The zero-order valence-corrected chi connectivity index (χ0v) is 14.0. The smallest absolute Gasteiger partial charge is 0.124 e. The molecule has 0 fully saturated rings. The molecule has 1 aromatic heterocycles. The van der Waals surface area contributed by atoms with E-state index in [1.54, 1.807) is 13.2 Å². The average Bonchev–Trinajstić information content (AvgIpc) is 2.68. The van der Waals surface area contributed by atoms with Crippen LogP contribution in [0.5, 0.6) is 5.75 Å². The third kappa shape index (κ3) is 2.90. The van der Waals surface area contributed by atoms with Gasteiger partial charge in [-0.3, -0.25) is 0 Å². The van der Waals surface area contributed by atoms with Gasteiger partial charge in [0.2, 0.25) is 0 Å². The van der Waals surface area contributed by atoms with E-state index >= 15 is 0 Å². The number of ether oxygens (including phenoxy) is 1. The van der Waals surface area contributed by atoms with Crippen molar-refractivity contribution in [2.45, 2.75) is 5.38 Å². The molecule has 0 N–H and O–H groups in total. The number of methoxy groups -OCH3 is 1. The van der Waals surface area contributed by atoms with Gasteiger partial charge in [-0.2, -0.15) is 0 Å². The van der Waals surface area contributed by atoms with E-state index < -0.39 is 5.38 Å². The number of alkyl halides is 1. The van der Waals surface area contributed by atoms with Crippen molar-refractivity contribution in [3.05, 3.63) is 48.8 Å². The highest BCUT2D eigenvalue weighted by molar-refractivity contribution is 9.13. The van der Waals surface area contributed by atoms with Gasteiger partial charge in [-0.1, -0.05) is 0 Å². The first-order chi connectivity index (χ1) is 8.52. The van der Waals surface area contributed by atoms with Gasteiger partial charge in [-0.05, 0) is 56.1 Å². The molecule has 0 radical (unpaired) electrons. The fraction of sp³-hybridized carbons (Fsp3) is 0.167. The number of rotatable bonds is 3. The third-order valence-electron chi connectivity index (χ3n) is 2.38. The largest absolute Gasteiger partial charge is 0.496 e. The van der Waals surface area contributed by atoms with Crippen LogP contribution in [0, 0.1) is 5.82 Å². The lowest BCUT2D eigenvalue weighted by molar-refractivity contribution is 0.409. The zero-order valence-electron chi connectivity index (χ0n) is 9.22. The van der Waals surface area contributed by atoms with Gasteiger partial charge in [-0.25, -0.2) is 4.39 Å². The first kappa shape index (κ1) is 14.3. The Kier molecular flexibility index (Phi) is 4.69. The fourth-order valence-electron chi connectivity index (χ4n) is 1.54. The minimum atomic E-state index is -0.441. The van der Waals surface area contributed by atoms with Crippen LogP contribution in [0.4, 0.5) is 4.39 Å². The van der Waals surface area contributed by atoms with Gasteiger partial charge in [0.15, 0.2) is 0 Å². The van der Waals surface area contributed by atoms with Crippen LogP contribution in [0.25, 0.3) is 0 Å². The van der Waals surface area contributed by atoms with Crippen LogP contribution in [0.1, 0.15) is 15.8 Å². The second kappa shape index (κ2) is 5.90. The van der Waals surface area contributed by atoms with Gasteiger partial charge in [0.25, 0.3) is 0 Å². The van der Waals surface area contributed by atoms with Gasteiger partial charge < -0.3 is 4.74 Å². The molecule has 6 heteroatoms. The zero-order chi connectivity index (χ0) is 13.3. The molecule has 96 valence electrons. The highest BCUT2D eigenvalue weighted by Gasteiger charge is 2.19. The van der Waals surface area contributed by atoms with E-state index in [-0.39, 0.29) is 5.82 Å². The Balaban J connectivity index is 2.44. The van der Waals surface area contributed by atoms with Gasteiger partial charge in [0.1, 0.15) is 11.6 Å². The molecular formula is C12H8Br2ClFOS. The lowest BCUT2D eigenvalue weighted by Crippen LogP contribution is -1.96. The topological polar surface area (TPSA) is 9.23 Å². The average molecular weight is 415 g/mol. The molecule has 2 rings (SSSR count). The summed E-state index contributed by atoms with van der Waals surface area (Å²) < 4.78 is 20.4. The number of hydrogen-bond acceptors (Lipinski definition) is 2. The SMILES string of the molecule is COc1ccc(F)cc1C(Cl)c1cc(Br)c(Br)s1. The molecule has 18 heavy (non-hydrogen) atoms. The first-order valence-corrected chi connectivity index (χ1v) is 7.79. The van der Waals surface area contributed by atoms with E-state index in [4.69, 9.17) is 16.3 Å². The summed E-state index contributed by atoms with van der Waals surface area (Å²) in [7, 11) is 1.54. The Morgan fingerprint density at radius 2 is 2.06 bits per heavy atom. The summed E-state index contributed by atoms with van der Waals surface area (Å²) in [5.74, 6) is 0.253. The molecule has 0 aliphatic rings. The Morgan fingerprint density at radius 1 is 1.33 bits per heavy atom. The van der Waals surface area contributed by atoms with Crippen LogP contribution in [-0.4, -0.2) is 7.11 Å². The van der Waals surface area contributed by atoms with Crippen molar-refractivity contribution in [3.8, 4) is 5.75 Å². The number of benzene rings is 1. The van der Waals surface area contributed by atoms with Crippen LogP contribution < -0.4 is 4.74 Å². The maximum absolute atomic E-state index is 13.3. The van der Waals surface area contributed by atoms with Crippen LogP contribution in [-0.2, 0) is 0 Å². The van der Waals surface area contributed by atoms with Crippen molar-refractivity contribution >= 4 is 54.8 Å². The van der Waals surface area contributed by atoms with Crippen LogP contribution in [0.15, 0.2) is 32.5 Å². The molecule has 0 aliphatic heterocycles. The van der Waals surface area contributed by atoms with E-state index in [9.17, 15) is 4.39 Å². The summed E-state index contributed by atoms with van der Waals surface area (Å²) in [5.41, 5.74) is 0.625. The second-order valence-corrected chi connectivity index (χ2v) is 7.21. The van der Waals surface area contributed by atoms with E-state index in [0.29, 0.717) is 11.3 Å². The van der Waals surface area contributed by atoms with Crippen LogP contribution in [0.3, 0.4) is 0 Å². The molecule has 0 saturated heterocycles. The number of halogens is 4. The van der Waals surface area contributed by atoms with Crippen molar-refractivity contribution in [3.63, 3.8) is 0 Å². The predicted octanol–water partition coefficient (Wildman–Crippen LogP) is 5.75. The molecule has 2 aromatic rings. The highest BCUT2D eigenvalue weighted by atomic mass is 79.9. The van der Waals surface area contributed by atoms with E-state index in [0.717, 1.165) is 13.1 Å². The fourth-order valence-corrected chi connectivity index (χ4v) is 4.00. The minimum Gasteiger partial charge on any atom is -0.496 e. The highest BCUT2D eigenvalue weighted by Crippen LogP contribution is 2.42. The first-order valence-electron chi connectivity index (χ1n) is 4.95. The Labute approximate surface area is 130 Å². The van der Waals surface area contributed by atoms with Gasteiger partial charge in [0, 0.05) is 14.9 Å². The second-order valence-electron chi connectivity index (χ2n) is 3.52. The maximum atomic E-state index is 13.3. The van der Waals surface area contributed by atoms with Crippen LogP contribution in [0.2, 0.25) is 0 Å². The lowest BCUT2D eigenvalue weighted by atomic mass is 10.1. The molecule has 1 aromatic carbocycles. The molecule has 0 amide bonds. The molecule has 0 aliphatic carbocycles. The van der Waals surface area contributed by atoms with E-state index in [2.05, 4.69) is 31.9 Å². The minimum absolute atomic E-state index is 0.328. The summed E-state index contributed by atoms with van der Waals surface area (Å²) in [4.78, 5) is 0.916. The summed E-state index contributed by atoms with van der Waals surface area (Å²) in [6.45, 7) is 0. The number of thiophene rings is 1. The summed E-state index contributed by atoms with van der Waals surface area (Å²) >= 11 is 14.7. The van der Waals surface area contributed by atoms with Crippen LogP contribution >= 0.6 is 54.8 Å². The van der Waals surface area contributed by atoms with Crippen molar-refractivity contribution in [2.75, 3.05) is 7.11 Å². The maximum Gasteiger partial charge on any atom is 0.124 e. The third-order valence-corrected chi connectivity index (χ3v) is 6.30. The predicted molar refractivity (Wildman–Crippen MR) is 80.4 cm³/mol. The lowest BCUT2D eigenvalue weighted by Gasteiger charge is -2.12. The normalized spacial score (nSPS) is 12.5. The Morgan fingerprint density at radius 3 is 2.61 bits per heavy atom. The van der Waals surface area contributed by atoms with Crippen molar-refractivity contribution in [1.29, 1.82) is 0 Å². The Hall–Kier alpha value is -0.1000. The molecule has 0 spiro atoms. The standard InChI is InChI=1S/C12H8Br2ClFOS/c1-17-9-3-2-6(16)4-7(9)11(15)10-5-8(13)12(14)18-10/h2-5,11H,1H3. The molecular weight excluding hydrogens is 406 g/mol. The molecule has 1 nitrogen and oxygen atoms in total. The Bertz CT molecular complexity index is 554. The monoisotopic (exact) mass is 412 g/mol. The molecule has 1 unspecified atom stereocenters. The van der Waals surface area contributed by atoms with Crippen molar-refractivity contribution < 1.29 is 9.13 Å². The molecule has 0 saturated carbocycles. The van der Waals surface area contributed by atoms with Crippen molar-refractivity contribution in [1.82, 2.24) is 0 Å². The quantitative estimate of drug-likeness (QED) is 0.581. The van der Waals surface area contributed by atoms with E-state index in [1.807, 2.05) is 6.07 Å². The van der Waals surface area contributed by atoms with Gasteiger partial charge >= 0.3 is 0 Å². The molecule has 1 heterocycles. The summed E-state index contributed by atoms with van der Waals surface area (Å²) in [6, 6.07) is 6.25. The number of hydrogen-bond donors (Lipinski definition) is 0. The summed E-state index contributed by atoms with van der Waals surface area (Å²) in [6.07, 6.45) is 0. The molecule has 0 bridgehead atoms. The van der Waals surface area contributed by atoms with E-state index in [1.165, 1.54) is 23.5 Å². The van der Waals surface area contributed by atoms with Gasteiger partial charge in [0.05, 0.1) is 16.3 Å². The summed E-state index contributed by atoms with van der Waals surface area (Å²) in [5, 5.41) is -0.441. The van der Waals surface area contributed by atoms with Crippen molar-refractivity contribution in [2.24, 2.45) is 0 Å². The molecule has 1 atom stereocenters. The van der Waals surface area contributed by atoms with Gasteiger partial charge in [-0.15, -0.1) is 22.9 Å².